The fourth-order valence-corrected chi connectivity index (χ4v) is 11.8. The second kappa shape index (κ2) is 14.9. The molecule has 0 spiro atoms. The van der Waals surface area contributed by atoms with Gasteiger partial charge in [0.05, 0.1) is 22.0 Å². The molecule has 0 saturated carbocycles. The smallest absolute Gasteiger partial charge is 0.192 e. The molecule has 228 valence electrons. The fourth-order valence-electron chi connectivity index (χ4n) is 5.43. The van der Waals surface area contributed by atoms with Crippen LogP contribution in [0.4, 0.5) is 0 Å². The largest absolute Gasteiger partial charge is 0.413 e. The van der Waals surface area contributed by atoms with E-state index in [1.165, 1.54) is 0 Å². The minimum atomic E-state index is -2.89. The molecule has 2 rings (SSSR count). The lowest BCUT2D eigenvalue weighted by Crippen LogP contribution is -2.45. The van der Waals surface area contributed by atoms with Crippen molar-refractivity contribution in [2.24, 2.45) is 16.2 Å². The zero-order valence-electron chi connectivity index (χ0n) is 27.5. The van der Waals surface area contributed by atoms with Crippen molar-refractivity contribution in [2.75, 3.05) is 7.05 Å². The van der Waals surface area contributed by atoms with E-state index in [9.17, 15) is 0 Å². The Morgan fingerprint density at radius 3 is 1.98 bits per heavy atom. The van der Waals surface area contributed by atoms with E-state index in [1.54, 1.807) is 7.05 Å². The number of allylic oxidation sites excluding steroid dienone is 2. The van der Waals surface area contributed by atoms with Gasteiger partial charge in [0.25, 0.3) is 0 Å². The normalized spacial score (nSPS) is 25.4. The molecule has 0 amide bonds. The van der Waals surface area contributed by atoms with Gasteiger partial charge in [-0.3, -0.25) is 0 Å². The van der Waals surface area contributed by atoms with Crippen LogP contribution in [0.15, 0.2) is 62.7 Å². The second-order valence-electron chi connectivity index (χ2n) is 13.3. The van der Waals surface area contributed by atoms with Crippen LogP contribution in [-0.2, 0) is 18.6 Å². The summed E-state index contributed by atoms with van der Waals surface area (Å²) in [6.45, 7) is 22.9. The third kappa shape index (κ3) is 8.53. The van der Waals surface area contributed by atoms with Crippen molar-refractivity contribution in [3.8, 4) is 0 Å². The van der Waals surface area contributed by atoms with Crippen molar-refractivity contribution < 1.29 is 13.1 Å². The third-order valence-corrected chi connectivity index (χ3v) is 21.1. The fraction of sp³-hybridized carbons (Fsp3) is 0.697. The molecule has 1 aromatic carbocycles. The summed E-state index contributed by atoms with van der Waals surface area (Å²) >= 11 is 0. The van der Waals surface area contributed by atoms with Gasteiger partial charge < -0.3 is 8.85 Å². The minimum absolute atomic E-state index is 0.0365. The second-order valence-corrected chi connectivity index (χ2v) is 25.1. The molecule has 0 aromatic heterocycles. The van der Waals surface area contributed by atoms with E-state index >= 15 is 4.21 Å². The highest BCUT2D eigenvalue weighted by atomic mass is 32.2. The molecule has 4 nitrogen and oxygen atoms in total. The lowest BCUT2D eigenvalue weighted by atomic mass is 9.87. The first kappa shape index (κ1) is 35.2. The van der Waals surface area contributed by atoms with Gasteiger partial charge in [-0.15, -0.1) is 0 Å². The number of hydrogen-bond acceptors (Lipinski definition) is 4. The summed E-state index contributed by atoms with van der Waals surface area (Å²) in [6.07, 6.45) is 10.4. The molecule has 0 fully saturated rings. The molecule has 0 heterocycles. The predicted octanol–water partition coefficient (Wildman–Crippen LogP) is 10.2. The lowest BCUT2D eigenvalue weighted by molar-refractivity contribution is 0.111. The topological polar surface area (TPSA) is 47.9 Å². The highest BCUT2D eigenvalue weighted by Gasteiger charge is 2.42. The Kier molecular flexibility index (Phi) is 13.2. The van der Waals surface area contributed by atoms with E-state index in [0.717, 1.165) is 53.6 Å². The van der Waals surface area contributed by atoms with Gasteiger partial charge in [0, 0.05) is 13.0 Å². The first-order valence-electron chi connectivity index (χ1n) is 15.6. The molecule has 1 aliphatic rings. The van der Waals surface area contributed by atoms with Crippen molar-refractivity contribution in [1.29, 1.82) is 0 Å². The number of hydrogen-bond donors (Lipinski definition) is 0. The zero-order chi connectivity index (χ0) is 30.2. The Balaban J connectivity index is 2.87. The average Bonchev–Trinajstić information content (AvgIpc) is 2.95. The molecule has 0 radical (unpaired) electrons. The van der Waals surface area contributed by atoms with Gasteiger partial charge >= 0.3 is 0 Å². The van der Waals surface area contributed by atoms with Crippen LogP contribution in [0.5, 0.6) is 0 Å². The maximum atomic E-state index is 15.2. The third-order valence-electron chi connectivity index (χ3n) is 9.47. The van der Waals surface area contributed by atoms with Gasteiger partial charge in [-0.25, -0.2) is 8.57 Å². The molecule has 0 saturated heterocycles. The van der Waals surface area contributed by atoms with E-state index in [4.69, 9.17) is 13.2 Å². The van der Waals surface area contributed by atoms with Crippen molar-refractivity contribution in [2.45, 2.75) is 134 Å². The van der Waals surface area contributed by atoms with Crippen LogP contribution in [0.3, 0.4) is 0 Å². The van der Waals surface area contributed by atoms with Crippen molar-refractivity contribution in [3.63, 3.8) is 0 Å². The maximum Gasteiger partial charge on any atom is 0.192 e. The molecule has 0 aliphatic heterocycles. The zero-order valence-corrected chi connectivity index (χ0v) is 30.3. The Morgan fingerprint density at radius 2 is 1.50 bits per heavy atom. The number of rotatable bonds is 10. The molecule has 0 N–H and O–H groups in total. The van der Waals surface area contributed by atoms with Crippen LogP contribution in [0.25, 0.3) is 0 Å². The maximum absolute atomic E-state index is 15.2. The van der Waals surface area contributed by atoms with E-state index in [2.05, 4.69) is 86.7 Å². The van der Waals surface area contributed by atoms with Gasteiger partial charge in [0.15, 0.2) is 16.6 Å². The molecular formula is C33H59NO3SSi2. The number of nitrogens with zero attached hydrogens (tertiary/aromatic N) is 1. The van der Waals surface area contributed by atoms with Gasteiger partial charge in [0.2, 0.25) is 0 Å². The summed E-state index contributed by atoms with van der Waals surface area (Å²) in [6, 6.07) is 13.2. The molecule has 0 bridgehead atoms. The van der Waals surface area contributed by atoms with Crippen molar-refractivity contribution in [1.82, 2.24) is 0 Å². The molecule has 4 atom stereocenters. The summed E-state index contributed by atoms with van der Waals surface area (Å²) in [4.78, 5) is 1.61. The summed E-state index contributed by atoms with van der Waals surface area (Å²) in [5, 5.41) is 0.0365. The average molecular weight is 606 g/mol. The molecular weight excluding hydrogens is 547 g/mol. The Morgan fingerprint density at radius 1 is 0.950 bits per heavy atom. The van der Waals surface area contributed by atoms with E-state index in [0.29, 0.717) is 5.92 Å². The van der Waals surface area contributed by atoms with Crippen LogP contribution >= 0.6 is 0 Å². The van der Waals surface area contributed by atoms with Crippen LogP contribution < -0.4 is 0 Å². The Hall–Kier alpha value is -0.996. The molecule has 7 heteroatoms. The Bertz CT molecular complexity index is 1090. The van der Waals surface area contributed by atoms with Gasteiger partial charge in [-0.1, -0.05) is 91.8 Å². The van der Waals surface area contributed by atoms with Gasteiger partial charge in [-0.2, -0.15) is 0 Å². The van der Waals surface area contributed by atoms with Crippen molar-refractivity contribution >= 4 is 26.4 Å². The van der Waals surface area contributed by atoms with E-state index in [1.807, 2.05) is 30.3 Å². The first-order valence-corrected chi connectivity index (χ1v) is 22.6. The number of benzene rings is 1. The van der Waals surface area contributed by atoms with Crippen LogP contribution in [-0.4, -0.2) is 40.1 Å². The van der Waals surface area contributed by atoms with Gasteiger partial charge in [0.1, 0.15) is 9.73 Å². The van der Waals surface area contributed by atoms with Crippen molar-refractivity contribution in [3.05, 3.63) is 53.5 Å². The summed E-state index contributed by atoms with van der Waals surface area (Å²) in [5.41, 5.74) is 0. The van der Waals surface area contributed by atoms with Gasteiger partial charge in [-0.05, 0) is 80.0 Å². The standard InChI is InChI=1S/C33H59NO3SSi2/c1-12-40(13-2,14-3)37-30-24-20-15-16-21-25-31(36-39(10,11)33(6,7)8)32(26-29(30)27(4)5)38(35,34-9)28-22-18-17-19-23-28/h15-19,22-23,26-27,29-31H,12-14,20-21,24-25H2,1-11H3/b16-15+,32-26+/t29-,30?,31?,38?/m0/s1. The van der Waals surface area contributed by atoms with Crippen LogP contribution in [0.2, 0.25) is 36.3 Å². The summed E-state index contributed by atoms with van der Waals surface area (Å²) in [7, 11) is -5.23. The van der Waals surface area contributed by atoms with E-state index < -0.39 is 26.4 Å². The molecule has 40 heavy (non-hydrogen) atoms. The summed E-state index contributed by atoms with van der Waals surface area (Å²) in [5.74, 6) is 0.446. The first-order chi connectivity index (χ1) is 18.7. The van der Waals surface area contributed by atoms with Crippen LogP contribution in [0.1, 0.15) is 81.1 Å². The van der Waals surface area contributed by atoms with Crippen LogP contribution in [0, 0.1) is 11.8 Å². The monoisotopic (exact) mass is 605 g/mol. The summed E-state index contributed by atoms with van der Waals surface area (Å²) < 4.78 is 34.3. The SMILES string of the molecule is CC[Si](CC)(CC)OC1CC/C=C/CCC(O[Si](C)(C)C(C)(C)C)/C(S(=O)(=NC)c2ccccc2)=C\[C@H]1C(C)C. The quantitative estimate of drug-likeness (QED) is 0.197. The highest BCUT2D eigenvalue weighted by Crippen LogP contribution is 2.42. The molecule has 3 unspecified atom stereocenters. The van der Waals surface area contributed by atoms with E-state index in [-0.39, 0.29) is 23.2 Å². The minimum Gasteiger partial charge on any atom is -0.413 e. The Labute approximate surface area is 249 Å². The lowest BCUT2D eigenvalue weighted by Gasteiger charge is -2.41. The molecule has 1 aliphatic carbocycles. The highest BCUT2D eigenvalue weighted by molar-refractivity contribution is 7.97. The predicted molar refractivity (Wildman–Crippen MR) is 179 cm³/mol. The molecule has 1 aromatic rings.